The average Bonchev–Trinajstić information content (AvgIpc) is 2.79. The Balaban J connectivity index is 2.11. The lowest BCUT2D eigenvalue weighted by Gasteiger charge is -2.26. The van der Waals surface area contributed by atoms with E-state index in [1.54, 1.807) is 0 Å². The molecule has 0 saturated heterocycles. The Morgan fingerprint density at radius 1 is 1.56 bits per heavy atom. The number of rotatable bonds is 5. The highest BCUT2D eigenvalue weighted by Crippen LogP contribution is 2.32. The predicted molar refractivity (Wildman–Crippen MR) is 76.8 cm³/mol. The molecule has 0 bridgehead atoms. The van der Waals surface area contributed by atoms with Gasteiger partial charge in [0.15, 0.2) is 0 Å². The van der Waals surface area contributed by atoms with Crippen molar-refractivity contribution in [3.05, 3.63) is 36.1 Å². The van der Waals surface area contributed by atoms with E-state index >= 15 is 0 Å². The molecule has 1 heterocycles. The molecular weight excluding hydrogens is 222 g/mol. The van der Waals surface area contributed by atoms with Crippen LogP contribution < -0.4 is 0 Å². The zero-order valence-corrected chi connectivity index (χ0v) is 11.6. The maximum Gasteiger partial charge on any atom is 0.105 e. The number of allylic oxidation sites excluding steroid dienone is 1. The Labute approximate surface area is 110 Å². The van der Waals surface area contributed by atoms with Crippen LogP contribution in [0.25, 0.3) is 0 Å². The zero-order valence-electron chi connectivity index (χ0n) is 11.6. The van der Waals surface area contributed by atoms with Gasteiger partial charge in [0.25, 0.3) is 0 Å². The van der Waals surface area contributed by atoms with Crippen LogP contribution in [0.1, 0.15) is 40.0 Å². The number of hydrogen-bond acceptors (Lipinski definition) is 2. The summed E-state index contributed by atoms with van der Waals surface area (Å²) in [5.41, 5.74) is 3.62. The highest BCUT2D eigenvalue weighted by molar-refractivity contribution is 6.06. The Morgan fingerprint density at radius 3 is 2.94 bits per heavy atom. The second-order valence-electron chi connectivity index (χ2n) is 5.16. The molecular formula is C16H23NO. The van der Waals surface area contributed by atoms with Crippen molar-refractivity contribution in [2.45, 2.75) is 52.2 Å². The number of ether oxygens (including phenoxy) is 1. The lowest BCUT2D eigenvalue weighted by atomic mass is 9.96. The third-order valence-corrected chi connectivity index (χ3v) is 3.81. The van der Waals surface area contributed by atoms with Crippen LogP contribution in [-0.2, 0) is 4.74 Å². The molecule has 2 rings (SSSR count). The third-order valence-electron chi connectivity index (χ3n) is 3.81. The fourth-order valence-corrected chi connectivity index (χ4v) is 2.68. The number of nitrogens with zero attached hydrogens (tertiary/aromatic N) is 1. The van der Waals surface area contributed by atoms with Crippen molar-refractivity contribution in [2.24, 2.45) is 10.9 Å². The quantitative estimate of drug-likeness (QED) is 0.670. The Hall–Kier alpha value is -1.15. The van der Waals surface area contributed by atoms with Crippen molar-refractivity contribution >= 4 is 5.71 Å². The topological polar surface area (TPSA) is 21.6 Å². The van der Waals surface area contributed by atoms with E-state index in [2.05, 4.69) is 37.6 Å². The predicted octanol–water partition coefficient (Wildman–Crippen LogP) is 4.05. The lowest BCUT2D eigenvalue weighted by Crippen LogP contribution is -2.28. The molecule has 3 unspecified atom stereocenters. The van der Waals surface area contributed by atoms with Gasteiger partial charge in [-0.15, -0.1) is 0 Å². The van der Waals surface area contributed by atoms with E-state index in [0.29, 0.717) is 5.92 Å². The SMILES string of the molecule is C=C(C)C(CC)OC1C=CN=C2C1=CCC2CC. The van der Waals surface area contributed by atoms with Crippen LogP contribution in [-0.4, -0.2) is 17.9 Å². The molecule has 0 amide bonds. The monoisotopic (exact) mass is 245 g/mol. The summed E-state index contributed by atoms with van der Waals surface area (Å²) in [6, 6.07) is 0. The molecule has 3 atom stereocenters. The van der Waals surface area contributed by atoms with Crippen LogP contribution in [0.2, 0.25) is 0 Å². The first-order chi connectivity index (χ1) is 8.67. The van der Waals surface area contributed by atoms with Gasteiger partial charge < -0.3 is 4.74 Å². The maximum absolute atomic E-state index is 6.17. The van der Waals surface area contributed by atoms with E-state index < -0.39 is 0 Å². The molecule has 0 saturated carbocycles. The fraction of sp³-hybridized carbons (Fsp3) is 0.562. The second-order valence-corrected chi connectivity index (χ2v) is 5.16. The van der Waals surface area contributed by atoms with Crippen LogP contribution in [0.15, 0.2) is 41.1 Å². The minimum Gasteiger partial charge on any atom is -0.362 e. The molecule has 2 heteroatoms. The summed E-state index contributed by atoms with van der Waals surface area (Å²) in [5, 5.41) is 0. The molecule has 98 valence electrons. The number of hydrogen-bond donors (Lipinski definition) is 0. The first-order valence-electron chi connectivity index (χ1n) is 6.93. The van der Waals surface area contributed by atoms with E-state index in [1.165, 1.54) is 11.3 Å². The van der Waals surface area contributed by atoms with Gasteiger partial charge in [-0.1, -0.05) is 32.1 Å². The van der Waals surface area contributed by atoms with E-state index in [9.17, 15) is 0 Å². The van der Waals surface area contributed by atoms with Crippen molar-refractivity contribution in [1.82, 2.24) is 0 Å². The van der Waals surface area contributed by atoms with E-state index in [4.69, 9.17) is 4.74 Å². The van der Waals surface area contributed by atoms with Gasteiger partial charge in [0, 0.05) is 23.4 Å². The third kappa shape index (κ3) is 2.49. The molecule has 2 aliphatic rings. The molecule has 0 spiro atoms. The van der Waals surface area contributed by atoms with Crippen LogP contribution >= 0.6 is 0 Å². The zero-order chi connectivity index (χ0) is 13.1. The number of aliphatic imine (C=N–C) groups is 1. The molecule has 0 aromatic carbocycles. The molecule has 1 aliphatic carbocycles. The second kappa shape index (κ2) is 5.66. The summed E-state index contributed by atoms with van der Waals surface area (Å²) >= 11 is 0. The Morgan fingerprint density at radius 2 is 2.33 bits per heavy atom. The first kappa shape index (κ1) is 13.3. The van der Waals surface area contributed by atoms with Crippen molar-refractivity contribution in [3.8, 4) is 0 Å². The summed E-state index contributed by atoms with van der Waals surface area (Å²) < 4.78 is 6.17. The standard InChI is InChI=1S/C16H23NO/c1-5-12-7-8-13-15(9-10-17-16(12)13)18-14(6-2)11(3)4/h8-10,12,14-15H,3,5-7H2,1-2,4H3. The van der Waals surface area contributed by atoms with E-state index in [-0.39, 0.29) is 12.2 Å². The van der Waals surface area contributed by atoms with Crippen LogP contribution in [0.3, 0.4) is 0 Å². The minimum atomic E-state index is 0.0655. The smallest absolute Gasteiger partial charge is 0.105 e. The van der Waals surface area contributed by atoms with Crippen molar-refractivity contribution in [3.63, 3.8) is 0 Å². The van der Waals surface area contributed by atoms with E-state index in [0.717, 1.165) is 24.8 Å². The van der Waals surface area contributed by atoms with Gasteiger partial charge in [-0.2, -0.15) is 0 Å². The van der Waals surface area contributed by atoms with Crippen LogP contribution in [0.5, 0.6) is 0 Å². The summed E-state index contributed by atoms with van der Waals surface area (Å²) in [6.07, 6.45) is 9.68. The highest BCUT2D eigenvalue weighted by Gasteiger charge is 2.31. The van der Waals surface area contributed by atoms with Crippen molar-refractivity contribution in [2.75, 3.05) is 0 Å². The molecule has 1 aliphatic heterocycles. The Kier molecular flexibility index (Phi) is 4.18. The van der Waals surface area contributed by atoms with Gasteiger partial charge in [-0.25, -0.2) is 0 Å². The average molecular weight is 245 g/mol. The van der Waals surface area contributed by atoms with Gasteiger partial charge in [0.05, 0.1) is 6.10 Å². The molecule has 0 radical (unpaired) electrons. The first-order valence-corrected chi connectivity index (χ1v) is 6.93. The van der Waals surface area contributed by atoms with Gasteiger partial charge in [-0.05, 0) is 32.3 Å². The lowest BCUT2D eigenvalue weighted by molar-refractivity contribution is 0.0544. The highest BCUT2D eigenvalue weighted by atomic mass is 16.5. The maximum atomic E-state index is 6.17. The fourth-order valence-electron chi connectivity index (χ4n) is 2.68. The summed E-state index contributed by atoms with van der Waals surface area (Å²) in [6.45, 7) is 10.4. The van der Waals surface area contributed by atoms with Gasteiger partial charge in [0.2, 0.25) is 0 Å². The summed E-state index contributed by atoms with van der Waals surface area (Å²) in [4.78, 5) is 4.54. The molecule has 0 fully saturated rings. The van der Waals surface area contributed by atoms with Crippen molar-refractivity contribution < 1.29 is 4.74 Å². The molecule has 2 nitrogen and oxygen atoms in total. The van der Waals surface area contributed by atoms with Gasteiger partial charge in [0.1, 0.15) is 6.10 Å². The minimum absolute atomic E-state index is 0.0655. The molecule has 0 aromatic heterocycles. The normalized spacial score (nSPS) is 27.5. The summed E-state index contributed by atoms with van der Waals surface area (Å²) in [7, 11) is 0. The van der Waals surface area contributed by atoms with Gasteiger partial charge >= 0.3 is 0 Å². The Bertz CT molecular complexity index is 417. The van der Waals surface area contributed by atoms with Crippen LogP contribution in [0.4, 0.5) is 0 Å². The van der Waals surface area contributed by atoms with E-state index in [1.807, 2.05) is 13.1 Å². The number of fused-ring (bicyclic) bond motifs is 1. The van der Waals surface area contributed by atoms with Gasteiger partial charge in [-0.3, -0.25) is 4.99 Å². The largest absolute Gasteiger partial charge is 0.362 e. The van der Waals surface area contributed by atoms with Crippen molar-refractivity contribution in [1.29, 1.82) is 0 Å². The molecule has 18 heavy (non-hydrogen) atoms. The molecule has 0 N–H and O–H groups in total. The van der Waals surface area contributed by atoms with Crippen LogP contribution in [0, 0.1) is 5.92 Å². The summed E-state index contributed by atoms with van der Waals surface area (Å²) in [5.74, 6) is 0.584. The molecule has 0 aromatic rings.